The fraction of sp³-hybridized carbons (Fsp3) is 0.143. The second-order valence-corrected chi connectivity index (χ2v) is 2.45. The first kappa shape index (κ1) is 8.54. The van der Waals surface area contributed by atoms with Gasteiger partial charge in [-0.3, -0.25) is 0 Å². The van der Waals surface area contributed by atoms with Crippen LogP contribution in [0.2, 0.25) is 0 Å². The molecule has 0 saturated heterocycles. The molecule has 4 heteroatoms. The molecular weight excluding hydrogens is 172 g/mol. The molecule has 1 atom stereocenters. The van der Waals surface area contributed by atoms with Crippen LogP contribution in [0.1, 0.15) is 5.56 Å². The van der Waals surface area contributed by atoms with Gasteiger partial charge in [0.2, 0.25) is 0 Å². The molecular formula is C7H6F3P. The highest BCUT2D eigenvalue weighted by Gasteiger charge is 2.11. The number of rotatable bonds is 1. The minimum atomic E-state index is -1.40. The van der Waals surface area contributed by atoms with Crippen molar-refractivity contribution in [2.24, 2.45) is 0 Å². The number of hydrogen-bond donors (Lipinski definition) is 0. The molecule has 1 aromatic rings. The molecule has 0 saturated carbocycles. The van der Waals surface area contributed by atoms with Crippen LogP contribution in [0.5, 0.6) is 0 Å². The third-order valence-corrected chi connectivity index (χ3v) is 1.77. The summed E-state index contributed by atoms with van der Waals surface area (Å²) in [5.41, 5.74) is 0.161. The third-order valence-electron chi connectivity index (χ3n) is 1.34. The van der Waals surface area contributed by atoms with Crippen LogP contribution in [0.25, 0.3) is 0 Å². The van der Waals surface area contributed by atoms with E-state index in [0.717, 1.165) is 6.07 Å². The van der Waals surface area contributed by atoms with E-state index in [1.54, 1.807) is 0 Å². The van der Waals surface area contributed by atoms with E-state index < -0.39 is 17.5 Å². The maximum Gasteiger partial charge on any atom is 0.194 e. The van der Waals surface area contributed by atoms with Crippen LogP contribution >= 0.6 is 9.24 Å². The van der Waals surface area contributed by atoms with E-state index in [2.05, 4.69) is 9.24 Å². The summed E-state index contributed by atoms with van der Waals surface area (Å²) in [7, 11) is 2.24. The zero-order valence-corrected chi connectivity index (χ0v) is 6.73. The van der Waals surface area contributed by atoms with Crippen LogP contribution in [0.15, 0.2) is 12.1 Å². The Morgan fingerprint density at radius 2 is 1.73 bits per heavy atom. The van der Waals surface area contributed by atoms with E-state index in [1.165, 1.54) is 6.07 Å². The molecule has 1 aromatic carbocycles. The maximum atomic E-state index is 12.6. The number of benzene rings is 1. The van der Waals surface area contributed by atoms with Crippen molar-refractivity contribution in [3.8, 4) is 0 Å². The Morgan fingerprint density at radius 3 is 2.27 bits per heavy atom. The molecule has 0 amide bonds. The molecule has 0 heterocycles. The van der Waals surface area contributed by atoms with Crippen LogP contribution in [0.3, 0.4) is 0 Å². The monoisotopic (exact) mass is 178 g/mol. The van der Waals surface area contributed by atoms with Gasteiger partial charge in [0.05, 0.1) is 0 Å². The summed E-state index contributed by atoms with van der Waals surface area (Å²) >= 11 is 0. The van der Waals surface area contributed by atoms with Crippen LogP contribution < -0.4 is 0 Å². The van der Waals surface area contributed by atoms with Gasteiger partial charge in [0.15, 0.2) is 17.5 Å². The lowest BCUT2D eigenvalue weighted by Crippen LogP contribution is -1.94. The lowest BCUT2D eigenvalue weighted by molar-refractivity contribution is 0.443. The Balaban J connectivity index is 3.25. The molecule has 1 unspecified atom stereocenters. The quantitative estimate of drug-likeness (QED) is 0.457. The van der Waals surface area contributed by atoms with Crippen molar-refractivity contribution in [3.63, 3.8) is 0 Å². The maximum absolute atomic E-state index is 12.6. The fourth-order valence-electron chi connectivity index (χ4n) is 0.724. The fourth-order valence-corrected chi connectivity index (χ4v) is 1.04. The van der Waals surface area contributed by atoms with Gasteiger partial charge in [-0.25, -0.2) is 13.2 Å². The van der Waals surface area contributed by atoms with Gasteiger partial charge in [0.1, 0.15) is 0 Å². The summed E-state index contributed by atoms with van der Waals surface area (Å²) in [5, 5.41) is 0. The van der Waals surface area contributed by atoms with Crippen LogP contribution in [0, 0.1) is 17.5 Å². The van der Waals surface area contributed by atoms with Crippen molar-refractivity contribution >= 4 is 9.24 Å². The average molecular weight is 178 g/mol. The second-order valence-electron chi connectivity index (χ2n) is 2.04. The van der Waals surface area contributed by atoms with E-state index in [0.29, 0.717) is 0 Å². The number of halogens is 3. The van der Waals surface area contributed by atoms with Crippen LogP contribution in [-0.4, -0.2) is 0 Å². The normalized spacial score (nSPS) is 10.2. The molecule has 0 N–H and O–H groups in total. The van der Waals surface area contributed by atoms with E-state index >= 15 is 0 Å². The summed E-state index contributed by atoms with van der Waals surface area (Å²) in [6, 6.07) is 2.14. The lowest BCUT2D eigenvalue weighted by atomic mass is 10.2. The molecule has 11 heavy (non-hydrogen) atoms. The van der Waals surface area contributed by atoms with Crippen molar-refractivity contribution in [2.75, 3.05) is 0 Å². The minimum Gasteiger partial charge on any atom is -0.204 e. The number of hydrogen-bond acceptors (Lipinski definition) is 0. The Hall–Kier alpha value is -0.560. The van der Waals surface area contributed by atoms with Gasteiger partial charge in [-0.1, -0.05) is 6.07 Å². The molecule has 0 fully saturated rings. The van der Waals surface area contributed by atoms with Crippen LogP contribution in [-0.2, 0) is 6.16 Å². The Bertz CT molecular complexity index is 273. The first-order chi connectivity index (χ1) is 5.16. The van der Waals surface area contributed by atoms with Gasteiger partial charge in [0, 0.05) is 0 Å². The first-order valence-electron chi connectivity index (χ1n) is 2.99. The molecule has 60 valence electrons. The molecule has 0 nitrogen and oxygen atoms in total. The van der Waals surface area contributed by atoms with Gasteiger partial charge in [0.25, 0.3) is 0 Å². The highest BCUT2D eigenvalue weighted by Crippen LogP contribution is 2.16. The molecule has 0 bridgehead atoms. The minimum absolute atomic E-state index is 0.161. The van der Waals surface area contributed by atoms with Gasteiger partial charge < -0.3 is 0 Å². The topological polar surface area (TPSA) is 0 Å². The lowest BCUT2D eigenvalue weighted by Gasteiger charge is -1.99. The van der Waals surface area contributed by atoms with Crippen LogP contribution in [0.4, 0.5) is 13.2 Å². The summed E-state index contributed by atoms with van der Waals surface area (Å²) in [4.78, 5) is 0. The van der Waals surface area contributed by atoms with E-state index in [1.807, 2.05) is 0 Å². The molecule has 0 aromatic heterocycles. The molecule has 0 spiro atoms. The summed E-state index contributed by atoms with van der Waals surface area (Å²) in [6.45, 7) is 0. The van der Waals surface area contributed by atoms with Crippen molar-refractivity contribution in [1.29, 1.82) is 0 Å². The Kier molecular flexibility index (Phi) is 2.50. The summed E-state index contributed by atoms with van der Waals surface area (Å²) in [6.07, 6.45) is 0.281. The highest BCUT2D eigenvalue weighted by molar-refractivity contribution is 7.15. The van der Waals surface area contributed by atoms with Crippen molar-refractivity contribution in [1.82, 2.24) is 0 Å². The van der Waals surface area contributed by atoms with Gasteiger partial charge in [-0.05, 0) is 17.8 Å². The van der Waals surface area contributed by atoms with Crippen molar-refractivity contribution < 1.29 is 13.2 Å². The summed E-state index contributed by atoms with van der Waals surface area (Å²) in [5.74, 6) is -3.64. The standard InChI is InChI=1S/C7H6F3P/c8-5-2-1-4(3-11)6(9)7(5)10/h1-2H,3,11H2. The zero-order chi connectivity index (χ0) is 8.43. The molecule has 0 aliphatic carbocycles. The van der Waals surface area contributed by atoms with Gasteiger partial charge >= 0.3 is 0 Å². The van der Waals surface area contributed by atoms with Crippen molar-refractivity contribution in [2.45, 2.75) is 6.16 Å². The van der Waals surface area contributed by atoms with Gasteiger partial charge in [-0.15, -0.1) is 9.24 Å². The first-order valence-corrected chi connectivity index (χ1v) is 3.81. The largest absolute Gasteiger partial charge is 0.204 e. The SMILES string of the molecule is Fc1ccc(CP)c(F)c1F. The second kappa shape index (κ2) is 3.22. The highest BCUT2D eigenvalue weighted by atomic mass is 31.0. The molecule has 0 aliphatic heterocycles. The smallest absolute Gasteiger partial charge is 0.194 e. The average Bonchev–Trinajstić information content (AvgIpc) is 2.01. The molecule has 0 radical (unpaired) electrons. The van der Waals surface area contributed by atoms with E-state index in [4.69, 9.17) is 0 Å². The predicted molar refractivity (Wildman–Crippen MR) is 39.7 cm³/mol. The Labute approximate surface area is 64.6 Å². The van der Waals surface area contributed by atoms with E-state index in [9.17, 15) is 13.2 Å². The Morgan fingerprint density at radius 1 is 1.09 bits per heavy atom. The van der Waals surface area contributed by atoms with Crippen molar-refractivity contribution in [3.05, 3.63) is 35.1 Å². The third kappa shape index (κ3) is 1.54. The molecule has 0 aliphatic rings. The van der Waals surface area contributed by atoms with Gasteiger partial charge in [-0.2, -0.15) is 0 Å². The summed E-state index contributed by atoms with van der Waals surface area (Å²) < 4.78 is 37.3. The van der Waals surface area contributed by atoms with E-state index in [-0.39, 0.29) is 11.7 Å². The molecule has 1 rings (SSSR count). The predicted octanol–water partition coefficient (Wildman–Crippen LogP) is 2.48. The zero-order valence-electron chi connectivity index (χ0n) is 5.57.